The highest BCUT2D eigenvalue weighted by atomic mass is 16.5. The molecule has 7 heteroatoms. The Hall–Kier alpha value is -3.45. The van der Waals surface area contributed by atoms with Gasteiger partial charge in [-0.15, -0.1) is 0 Å². The van der Waals surface area contributed by atoms with Crippen molar-refractivity contribution in [3.05, 3.63) is 71.9 Å². The van der Waals surface area contributed by atoms with Gasteiger partial charge in [0.2, 0.25) is 0 Å². The maximum atomic E-state index is 12.5. The lowest BCUT2D eigenvalue weighted by molar-refractivity contribution is -0.147. The smallest absolute Gasteiger partial charge is 0.309 e. The molecule has 1 fully saturated rings. The van der Waals surface area contributed by atoms with Crippen LogP contribution in [0.15, 0.2) is 65.2 Å². The molecule has 2 aromatic carbocycles. The number of likely N-dealkylation sites (tertiary alicyclic amines) is 1. The number of aromatic nitrogens is 1. The zero-order chi connectivity index (χ0) is 19.5. The molecular formula is C21H19N3O4. The third-order valence-corrected chi connectivity index (χ3v) is 4.70. The third kappa shape index (κ3) is 3.94. The number of amides is 1. The molecule has 1 aliphatic rings. The molecule has 0 radical (unpaired) electrons. The minimum absolute atomic E-state index is 0.205. The monoisotopic (exact) mass is 377 g/mol. The van der Waals surface area contributed by atoms with E-state index in [1.807, 2.05) is 48.5 Å². The van der Waals surface area contributed by atoms with Crippen LogP contribution in [-0.2, 0) is 11.3 Å². The Morgan fingerprint density at radius 1 is 1.11 bits per heavy atom. The Balaban J connectivity index is 1.39. The minimum Gasteiger partial charge on any atom is -0.481 e. The molecule has 1 aromatic heterocycles. The summed E-state index contributed by atoms with van der Waals surface area (Å²) in [6.45, 7) is 1.75. The molecule has 0 aliphatic carbocycles. The number of rotatable bonds is 6. The van der Waals surface area contributed by atoms with E-state index in [4.69, 9.17) is 9.63 Å². The molecular weight excluding hydrogens is 358 g/mol. The van der Waals surface area contributed by atoms with Crippen molar-refractivity contribution in [2.75, 3.05) is 18.4 Å². The van der Waals surface area contributed by atoms with Crippen LogP contribution in [-0.4, -0.2) is 40.1 Å². The predicted octanol–water partition coefficient (Wildman–Crippen LogP) is 3.11. The quantitative estimate of drug-likeness (QED) is 0.685. The zero-order valence-electron chi connectivity index (χ0n) is 15.0. The largest absolute Gasteiger partial charge is 0.481 e. The number of anilines is 1. The molecule has 0 spiro atoms. The maximum absolute atomic E-state index is 12.5. The summed E-state index contributed by atoms with van der Waals surface area (Å²) >= 11 is 0. The highest BCUT2D eigenvalue weighted by Gasteiger charge is 2.32. The van der Waals surface area contributed by atoms with Gasteiger partial charge in [0.15, 0.2) is 11.5 Å². The fourth-order valence-corrected chi connectivity index (χ4v) is 3.18. The van der Waals surface area contributed by atoms with Gasteiger partial charge in [-0.05, 0) is 17.7 Å². The van der Waals surface area contributed by atoms with Gasteiger partial charge in [0.1, 0.15) is 0 Å². The summed E-state index contributed by atoms with van der Waals surface area (Å²) in [5, 5.41) is 15.6. The number of carbonyl (C=O) groups is 2. The molecule has 2 heterocycles. The first-order chi connectivity index (χ1) is 13.6. The SMILES string of the molecule is O=C(Nc1cccc(CN2CC(C(=O)O)C2)c1)c1cc(-c2ccccc2)on1. The molecule has 1 saturated heterocycles. The van der Waals surface area contributed by atoms with Crippen molar-refractivity contribution in [3.8, 4) is 11.3 Å². The van der Waals surface area contributed by atoms with Gasteiger partial charge in [-0.1, -0.05) is 47.6 Å². The summed E-state index contributed by atoms with van der Waals surface area (Å²) in [4.78, 5) is 25.4. The molecule has 1 aliphatic heterocycles. The van der Waals surface area contributed by atoms with Gasteiger partial charge < -0.3 is 14.9 Å². The Kier molecular flexibility index (Phi) is 4.90. The van der Waals surface area contributed by atoms with Crippen molar-refractivity contribution in [1.82, 2.24) is 10.1 Å². The van der Waals surface area contributed by atoms with E-state index in [1.54, 1.807) is 12.1 Å². The third-order valence-electron chi connectivity index (χ3n) is 4.70. The van der Waals surface area contributed by atoms with Gasteiger partial charge in [-0.3, -0.25) is 14.5 Å². The normalized spacial score (nSPS) is 14.4. The van der Waals surface area contributed by atoms with E-state index in [1.165, 1.54) is 0 Å². The number of carbonyl (C=O) groups excluding carboxylic acids is 1. The number of hydrogen-bond acceptors (Lipinski definition) is 5. The van der Waals surface area contributed by atoms with Gasteiger partial charge >= 0.3 is 5.97 Å². The molecule has 3 aromatic rings. The van der Waals surface area contributed by atoms with E-state index >= 15 is 0 Å². The number of nitrogens with zero attached hydrogens (tertiary/aromatic N) is 2. The molecule has 0 atom stereocenters. The Bertz CT molecular complexity index is 994. The average Bonchev–Trinajstić information content (AvgIpc) is 3.15. The summed E-state index contributed by atoms with van der Waals surface area (Å²) < 4.78 is 5.27. The number of nitrogens with one attached hydrogen (secondary N) is 1. The van der Waals surface area contributed by atoms with Crippen molar-refractivity contribution < 1.29 is 19.2 Å². The van der Waals surface area contributed by atoms with Crippen LogP contribution in [0.25, 0.3) is 11.3 Å². The predicted molar refractivity (Wildman–Crippen MR) is 103 cm³/mol. The van der Waals surface area contributed by atoms with Gasteiger partial charge in [0.25, 0.3) is 5.91 Å². The Morgan fingerprint density at radius 2 is 1.89 bits per heavy atom. The second kappa shape index (κ2) is 7.66. The molecule has 7 nitrogen and oxygen atoms in total. The van der Waals surface area contributed by atoms with Gasteiger partial charge in [-0.2, -0.15) is 0 Å². The lowest BCUT2D eigenvalue weighted by Crippen LogP contribution is -2.49. The van der Waals surface area contributed by atoms with Gasteiger partial charge in [0.05, 0.1) is 5.92 Å². The summed E-state index contributed by atoms with van der Waals surface area (Å²) in [7, 11) is 0. The molecule has 0 unspecified atom stereocenters. The number of hydrogen-bond donors (Lipinski definition) is 2. The number of carboxylic acids is 1. The highest BCUT2D eigenvalue weighted by Crippen LogP contribution is 2.22. The van der Waals surface area contributed by atoms with Crippen molar-refractivity contribution >= 4 is 17.6 Å². The van der Waals surface area contributed by atoms with Crippen LogP contribution in [0.3, 0.4) is 0 Å². The van der Waals surface area contributed by atoms with Gasteiger partial charge in [-0.25, -0.2) is 0 Å². The van der Waals surface area contributed by atoms with Crippen molar-refractivity contribution in [2.24, 2.45) is 5.92 Å². The second-order valence-corrected chi connectivity index (χ2v) is 6.83. The fraction of sp³-hybridized carbons (Fsp3) is 0.190. The van der Waals surface area contributed by atoms with E-state index in [-0.39, 0.29) is 17.5 Å². The number of carboxylic acid groups (broad SMARTS) is 1. The van der Waals surface area contributed by atoms with E-state index in [0.717, 1.165) is 11.1 Å². The summed E-state index contributed by atoms with van der Waals surface area (Å²) in [6, 6.07) is 18.6. The summed E-state index contributed by atoms with van der Waals surface area (Å²) in [5.74, 6) is -0.850. The molecule has 28 heavy (non-hydrogen) atoms. The standard InChI is InChI=1S/C21H19N3O4/c25-20(18-10-19(28-23-18)15-6-2-1-3-7-15)22-17-8-4-5-14(9-17)11-24-12-16(13-24)21(26)27/h1-10,16H,11-13H2,(H,22,25)(H,26,27). The molecule has 0 saturated carbocycles. The topological polar surface area (TPSA) is 95.7 Å². The summed E-state index contributed by atoms with van der Waals surface area (Å²) in [6.07, 6.45) is 0. The first kappa shape index (κ1) is 17.9. The van der Waals surface area contributed by atoms with Gasteiger partial charge in [0, 0.05) is 37.0 Å². The zero-order valence-corrected chi connectivity index (χ0v) is 15.0. The van der Waals surface area contributed by atoms with E-state index in [0.29, 0.717) is 31.1 Å². The Labute approximate surface area is 161 Å². The van der Waals surface area contributed by atoms with Crippen molar-refractivity contribution in [1.29, 1.82) is 0 Å². The lowest BCUT2D eigenvalue weighted by atomic mass is 9.99. The average molecular weight is 377 g/mol. The molecule has 142 valence electrons. The Morgan fingerprint density at radius 3 is 2.64 bits per heavy atom. The summed E-state index contributed by atoms with van der Waals surface area (Å²) in [5.41, 5.74) is 2.72. The first-order valence-corrected chi connectivity index (χ1v) is 8.96. The number of aliphatic carboxylic acids is 1. The first-order valence-electron chi connectivity index (χ1n) is 8.96. The van der Waals surface area contributed by atoms with Crippen molar-refractivity contribution in [2.45, 2.75) is 6.54 Å². The molecule has 1 amide bonds. The van der Waals surface area contributed by atoms with Crippen LogP contribution in [0, 0.1) is 5.92 Å². The van der Waals surface area contributed by atoms with Crippen LogP contribution in [0.2, 0.25) is 0 Å². The fourth-order valence-electron chi connectivity index (χ4n) is 3.18. The van der Waals surface area contributed by atoms with Crippen LogP contribution < -0.4 is 5.32 Å². The lowest BCUT2D eigenvalue weighted by Gasteiger charge is -2.36. The second-order valence-electron chi connectivity index (χ2n) is 6.83. The van der Waals surface area contributed by atoms with Crippen LogP contribution in [0.1, 0.15) is 16.1 Å². The maximum Gasteiger partial charge on any atom is 0.309 e. The van der Waals surface area contributed by atoms with Crippen molar-refractivity contribution in [3.63, 3.8) is 0 Å². The minimum atomic E-state index is -0.750. The van der Waals surface area contributed by atoms with E-state index in [2.05, 4.69) is 15.4 Å². The van der Waals surface area contributed by atoms with Crippen LogP contribution >= 0.6 is 0 Å². The van der Waals surface area contributed by atoms with Crippen LogP contribution in [0.4, 0.5) is 5.69 Å². The van der Waals surface area contributed by atoms with E-state index < -0.39 is 5.97 Å². The van der Waals surface area contributed by atoms with E-state index in [9.17, 15) is 9.59 Å². The number of benzene rings is 2. The molecule has 4 rings (SSSR count). The van der Waals surface area contributed by atoms with Crippen LogP contribution in [0.5, 0.6) is 0 Å². The molecule has 2 N–H and O–H groups in total. The highest BCUT2D eigenvalue weighted by molar-refractivity contribution is 6.03. The molecule has 0 bridgehead atoms.